The quantitative estimate of drug-likeness (QED) is 0.312. The molecule has 3 aromatic heterocycles. The van der Waals surface area contributed by atoms with Crippen molar-refractivity contribution in [3.8, 4) is 22.9 Å². The van der Waals surface area contributed by atoms with Crippen molar-refractivity contribution < 1.29 is 4.74 Å². The van der Waals surface area contributed by atoms with Crippen molar-refractivity contribution in [3.05, 3.63) is 83.1 Å². The lowest BCUT2D eigenvalue weighted by Crippen LogP contribution is -2.24. The van der Waals surface area contributed by atoms with Crippen LogP contribution in [-0.2, 0) is 5.41 Å². The highest BCUT2D eigenvalue weighted by molar-refractivity contribution is 5.66. The second-order valence-corrected chi connectivity index (χ2v) is 10.8. The van der Waals surface area contributed by atoms with Gasteiger partial charge in [0.25, 0.3) is 0 Å². The van der Waals surface area contributed by atoms with Crippen molar-refractivity contribution in [1.29, 1.82) is 0 Å². The number of hydrogen-bond donors (Lipinski definition) is 0. The van der Waals surface area contributed by atoms with Gasteiger partial charge in [0.1, 0.15) is 17.1 Å². The van der Waals surface area contributed by atoms with Gasteiger partial charge in [-0.3, -0.25) is 9.38 Å². The topological polar surface area (TPSA) is 45.9 Å². The van der Waals surface area contributed by atoms with Crippen LogP contribution in [0, 0.1) is 13.8 Å². The zero-order chi connectivity index (χ0) is 25.8. The van der Waals surface area contributed by atoms with Gasteiger partial charge in [0, 0.05) is 54.2 Å². The summed E-state index contributed by atoms with van der Waals surface area (Å²) in [5.74, 6) is 1.53. The number of aryl methyl sites for hydroxylation is 2. The maximum atomic E-state index is 6.45. The van der Waals surface area contributed by atoms with E-state index in [-0.39, 0.29) is 5.41 Å². The zero-order valence-electron chi connectivity index (χ0n) is 22.5. The molecule has 186 valence electrons. The molecule has 5 rings (SSSR count). The van der Waals surface area contributed by atoms with E-state index in [0.29, 0.717) is 0 Å². The van der Waals surface area contributed by atoms with E-state index in [1.165, 1.54) is 17.0 Å². The highest BCUT2D eigenvalue weighted by Gasteiger charge is 2.22. The summed E-state index contributed by atoms with van der Waals surface area (Å²) in [7, 11) is 2.12. The molecule has 0 radical (unpaired) electrons. The maximum Gasteiger partial charge on any atom is 0.141 e. The number of benzene rings is 1. The number of rotatable bonds is 4. The third kappa shape index (κ3) is 4.21. The lowest BCUT2D eigenvalue weighted by molar-refractivity contribution is 0.459. The van der Waals surface area contributed by atoms with E-state index in [0.717, 1.165) is 52.3 Å². The molecule has 0 N–H and O–H groups in total. The first-order valence-corrected chi connectivity index (χ1v) is 12.4. The third-order valence-electron chi connectivity index (χ3n) is 7.27. The Kier molecular flexibility index (Phi) is 5.78. The summed E-state index contributed by atoms with van der Waals surface area (Å²) in [6.07, 6.45) is 1.89. The largest absolute Gasteiger partial charge is 0.457 e. The number of hydrogen-bond acceptors (Lipinski definition) is 5. The number of allylic oxidation sites excluding steroid dienone is 2. The lowest BCUT2D eigenvalue weighted by Gasteiger charge is -2.22. The Bertz CT molecular complexity index is 1490. The maximum absolute atomic E-state index is 6.45. The fourth-order valence-electron chi connectivity index (χ4n) is 4.71. The minimum Gasteiger partial charge on any atom is -0.457 e. The molecule has 4 heterocycles. The molecule has 0 atom stereocenters. The second kappa shape index (κ2) is 8.70. The first-order valence-electron chi connectivity index (χ1n) is 12.4. The Balaban J connectivity index is 1.57. The van der Waals surface area contributed by atoms with Crippen LogP contribution in [0.25, 0.3) is 17.0 Å². The van der Waals surface area contributed by atoms with Crippen molar-refractivity contribution in [2.24, 2.45) is 0 Å². The van der Waals surface area contributed by atoms with Gasteiger partial charge >= 0.3 is 0 Å². The van der Waals surface area contributed by atoms with Crippen LogP contribution >= 0.6 is 0 Å². The highest BCUT2D eigenvalue weighted by Crippen LogP contribution is 2.35. The van der Waals surface area contributed by atoms with Gasteiger partial charge in [0.05, 0.1) is 23.8 Å². The van der Waals surface area contributed by atoms with E-state index in [1.807, 2.05) is 31.3 Å². The molecule has 4 aromatic rings. The molecule has 0 saturated heterocycles. The van der Waals surface area contributed by atoms with E-state index in [2.05, 4.69) is 93.1 Å². The first-order chi connectivity index (χ1) is 17.0. The summed E-state index contributed by atoms with van der Waals surface area (Å²) in [6, 6.07) is 16.6. The summed E-state index contributed by atoms with van der Waals surface area (Å²) in [5.41, 5.74) is 9.75. The van der Waals surface area contributed by atoms with Crippen LogP contribution in [0.15, 0.2) is 66.1 Å². The number of imidazole rings is 1. The van der Waals surface area contributed by atoms with Gasteiger partial charge in [-0.1, -0.05) is 26.8 Å². The van der Waals surface area contributed by atoms with Gasteiger partial charge < -0.3 is 14.5 Å². The molecule has 1 aliphatic heterocycles. The molecule has 0 aliphatic carbocycles. The molecule has 0 bridgehead atoms. The van der Waals surface area contributed by atoms with E-state index < -0.39 is 0 Å². The summed E-state index contributed by atoms with van der Waals surface area (Å²) in [4.78, 5) is 14.1. The molecule has 6 nitrogen and oxygen atoms in total. The third-order valence-corrected chi connectivity index (χ3v) is 7.27. The molecule has 1 aliphatic rings. The number of ether oxygens (including phenoxy) is 1. The Morgan fingerprint density at radius 1 is 0.889 bits per heavy atom. The molecule has 1 aromatic carbocycles. The van der Waals surface area contributed by atoms with E-state index >= 15 is 0 Å². The van der Waals surface area contributed by atoms with E-state index in [9.17, 15) is 0 Å². The number of aromatic nitrogens is 3. The summed E-state index contributed by atoms with van der Waals surface area (Å²) < 4.78 is 8.62. The standard InChI is InChI=1S/C30H35N5O/c1-19-20(2)35-28(27-14-23(12-13-31-27)30(5,6)7)16-26(17-29(35)32-19)36-25-11-9-10-24(15-25)34-18-33(8)21(3)22(34)4/h9-17H,18H2,1-8H3. The van der Waals surface area contributed by atoms with Gasteiger partial charge in [0.2, 0.25) is 0 Å². The van der Waals surface area contributed by atoms with Gasteiger partial charge in [-0.25, -0.2) is 4.98 Å². The van der Waals surface area contributed by atoms with Crippen LogP contribution in [0.2, 0.25) is 0 Å². The molecule has 0 amide bonds. The Morgan fingerprint density at radius 2 is 1.67 bits per heavy atom. The van der Waals surface area contributed by atoms with E-state index in [1.54, 1.807) is 0 Å². The van der Waals surface area contributed by atoms with Crippen molar-refractivity contribution in [2.45, 2.75) is 53.9 Å². The molecule has 0 fully saturated rings. The molecule has 0 saturated carbocycles. The smallest absolute Gasteiger partial charge is 0.141 e. The average Bonchev–Trinajstić information content (AvgIpc) is 3.27. The van der Waals surface area contributed by atoms with Crippen LogP contribution < -0.4 is 9.64 Å². The van der Waals surface area contributed by atoms with Gasteiger partial charge in [-0.2, -0.15) is 0 Å². The Morgan fingerprint density at radius 3 is 2.36 bits per heavy atom. The molecule has 0 spiro atoms. The summed E-state index contributed by atoms with van der Waals surface area (Å²) in [5, 5.41) is 0. The monoisotopic (exact) mass is 481 g/mol. The number of pyridine rings is 2. The number of fused-ring (bicyclic) bond motifs is 1. The predicted octanol–water partition coefficient (Wildman–Crippen LogP) is 7.06. The summed E-state index contributed by atoms with van der Waals surface area (Å²) >= 11 is 0. The van der Waals surface area contributed by atoms with Crippen LogP contribution in [0.4, 0.5) is 5.69 Å². The van der Waals surface area contributed by atoms with Gasteiger partial charge in [-0.15, -0.1) is 0 Å². The van der Waals surface area contributed by atoms with Crippen LogP contribution in [-0.4, -0.2) is 33.0 Å². The Hall–Kier alpha value is -3.80. The van der Waals surface area contributed by atoms with Crippen molar-refractivity contribution in [2.75, 3.05) is 18.6 Å². The fraction of sp³-hybridized carbons (Fsp3) is 0.333. The molecule has 0 unspecified atom stereocenters. The zero-order valence-corrected chi connectivity index (χ0v) is 22.5. The molecule has 6 heteroatoms. The normalized spacial score (nSPS) is 14.3. The molecule has 36 heavy (non-hydrogen) atoms. The average molecular weight is 482 g/mol. The minimum atomic E-state index is 0.0276. The Labute approximate surface area is 213 Å². The SMILES string of the molecule is CC1=C(C)N(c2cccc(Oc3cc(-c4cc(C(C)(C)C)ccn4)n4c(C)c(C)nc4c3)c2)CN1C. The number of nitrogens with zero attached hydrogens (tertiary/aromatic N) is 5. The molecular formula is C30H35N5O. The lowest BCUT2D eigenvalue weighted by atomic mass is 9.87. The molecular weight excluding hydrogens is 446 g/mol. The van der Waals surface area contributed by atoms with Crippen molar-refractivity contribution >= 4 is 11.3 Å². The minimum absolute atomic E-state index is 0.0276. The van der Waals surface area contributed by atoms with Crippen molar-refractivity contribution in [1.82, 2.24) is 19.3 Å². The van der Waals surface area contributed by atoms with E-state index in [4.69, 9.17) is 14.7 Å². The van der Waals surface area contributed by atoms with Crippen LogP contribution in [0.3, 0.4) is 0 Å². The van der Waals surface area contributed by atoms with Gasteiger partial charge in [0.15, 0.2) is 0 Å². The fourth-order valence-corrected chi connectivity index (χ4v) is 4.71. The van der Waals surface area contributed by atoms with Crippen LogP contribution in [0.5, 0.6) is 11.5 Å². The van der Waals surface area contributed by atoms with Crippen LogP contribution in [0.1, 0.15) is 51.6 Å². The predicted molar refractivity (Wildman–Crippen MR) is 147 cm³/mol. The van der Waals surface area contributed by atoms with Crippen molar-refractivity contribution in [3.63, 3.8) is 0 Å². The van der Waals surface area contributed by atoms with Gasteiger partial charge in [-0.05, 0) is 62.9 Å². The second-order valence-electron chi connectivity index (χ2n) is 10.8. The number of anilines is 1. The highest BCUT2D eigenvalue weighted by atomic mass is 16.5. The first kappa shape index (κ1) is 23.9. The summed E-state index contributed by atoms with van der Waals surface area (Å²) in [6.45, 7) is 15.9.